The van der Waals surface area contributed by atoms with Gasteiger partial charge in [0.2, 0.25) is 0 Å². The Bertz CT molecular complexity index is 631. The van der Waals surface area contributed by atoms with Crippen molar-refractivity contribution in [3.8, 4) is 0 Å². The van der Waals surface area contributed by atoms with Crippen LogP contribution < -0.4 is 4.90 Å². The second-order valence-electron chi connectivity index (χ2n) is 4.45. The Kier molecular flexibility index (Phi) is 5.11. The number of rotatable bonds is 6. The van der Waals surface area contributed by atoms with Gasteiger partial charge in [-0.25, -0.2) is 9.78 Å². The fourth-order valence-electron chi connectivity index (χ4n) is 2.01. The molecule has 5 heteroatoms. The molecule has 4 nitrogen and oxygen atoms in total. The molecule has 0 saturated heterocycles. The van der Waals surface area contributed by atoms with Crippen LogP contribution in [0.3, 0.4) is 0 Å². The monoisotopic (exact) mass is 302 g/mol. The molecule has 1 aromatic carbocycles. The van der Waals surface area contributed by atoms with Crippen LogP contribution in [0.25, 0.3) is 11.6 Å². The van der Waals surface area contributed by atoms with Crippen molar-refractivity contribution in [2.45, 2.75) is 13.8 Å². The quantitative estimate of drug-likeness (QED) is 0.828. The molecule has 2 aromatic rings. The largest absolute Gasteiger partial charge is 0.478 e. The molecule has 1 aromatic heterocycles. The van der Waals surface area contributed by atoms with E-state index in [2.05, 4.69) is 23.7 Å². The molecule has 110 valence electrons. The summed E-state index contributed by atoms with van der Waals surface area (Å²) in [6.45, 7) is 5.93. The van der Waals surface area contributed by atoms with Crippen LogP contribution >= 0.6 is 11.3 Å². The van der Waals surface area contributed by atoms with Crippen LogP contribution in [-0.4, -0.2) is 29.1 Å². The fourth-order valence-corrected chi connectivity index (χ4v) is 3.00. The lowest BCUT2D eigenvalue weighted by Crippen LogP contribution is -2.21. The molecule has 0 saturated carbocycles. The highest BCUT2D eigenvalue weighted by Crippen LogP contribution is 2.26. The van der Waals surface area contributed by atoms with Crippen LogP contribution in [0.4, 0.5) is 5.13 Å². The molecule has 0 spiro atoms. The lowest BCUT2D eigenvalue weighted by molar-refractivity contribution is -0.130. The first-order chi connectivity index (χ1) is 10.2. The van der Waals surface area contributed by atoms with Gasteiger partial charge < -0.3 is 10.0 Å². The topological polar surface area (TPSA) is 53.4 Å². The van der Waals surface area contributed by atoms with Crippen molar-refractivity contribution in [2.24, 2.45) is 0 Å². The van der Waals surface area contributed by atoms with E-state index in [0.29, 0.717) is 5.56 Å². The summed E-state index contributed by atoms with van der Waals surface area (Å²) >= 11 is 1.51. The number of thiazole rings is 1. The zero-order valence-corrected chi connectivity index (χ0v) is 12.9. The molecular formula is C16H18N2O2S. The number of hydrogen-bond acceptors (Lipinski definition) is 4. The summed E-state index contributed by atoms with van der Waals surface area (Å²) in [4.78, 5) is 18.8. The Morgan fingerprint density at radius 1 is 1.29 bits per heavy atom. The van der Waals surface area contributed by atoms with Crippen LogP contribution in [0.5, 0.6) is 0 Å². The Labute approximate surface area is 128 Å². The average Bonchev–Trinajstić information content (AvgIpc) is 2.95. The third kappa shape index (κ3) is 3.70. The van der Waals surface area contributed by atoms with Crippen molar-refractivity contribution >= 4 is 34.1 Å². The maximum absolute atomic E-state index is 11.5. The highest BCUT2D eigenvalue weighted by Gasteiger charge is 2.12. The highest BCUT2D eigenvalue weighted by atomic mass is 32.1. The SMILES string of the molecule is CCN(CC)c1ncc(/C=C(\C(=O)O)c2ccccc2)s1. The lowest BCUT2D eigenvalue weighted by Gasteiger charge is -2.16. The molecule has 0 fully saturated rings. The summed E-state index contributed by atoms with van der Waals surface area (Å²) in [5, 5.41) is 10.3. The van der Waals surface area contributed by atoms with Crippen LogP contribution in [0.15, 0.2) is 36.5 Å². The predicted octanol–water partition coefficient (Wildman–Crippen LogP) is 3.61. The third-order valence-electron chi connectivity index (χ3n) is 3.15. The van der Waals surface area contributed by atoms with Crippen molar-refractivity contribution in [1.29, 1.82) is 0 Å². The van der Waals surface area contributed by atoms with Gasteiger partial charge in [0.15, 0.2) is 5.13 Å². The maximum atomic E-state index is 11.5. The van der Waals surface area contributed by atoms with Crippen molar-refractivity contribution in [3.05, 3.63) is 47.0 Å². The first-order valence-corrected chi connectivity index (χ1v) is 7.68. The third-order valence-corrected chi connectivity index (χ3v) is 4.15. The van der Waals surface area contributed by atoms with E-state index >= 15 is 0 Å². The number of carbonyl (C=O) groups is 1. The van der Waals surface area contributed by atoms with Gasteiger partial charge in [-0.1, -0.05) is 41.7 Å². The molecule has 0 aliphatic carbocycles. The number of carboxylic acid groups (broad SMARTS) is 1. The molecular weight excluding hydrogens is 284 g/mol. The second-order valence-corrected chi connectivity index (χ2v) is 5.49. The summed E-state index contributed by atoms with van der Waals surface area (Å²) in [5.74, 6) is -0.931. The van der Waals surface area contributed by atoms with Crippen molar-refractivity contribution in [1.82, 2.24) is 4.98 Å². The Hall–Kier alpha value is -2.14. The first-order valence-electron chi connectivity index (χ1n) is 6.86. The lowest BCUT2D eigenvalue weighted by atomic mass is 10.1. The summed E-state index contributed by atoms with van der Waals surface area (Å²) in [6.07, 6.45) is 3.41. The molecule has 0 radical (unpaired) electrons. The molecule has 1 heterocycles. The molecule has 2 rings (SSSR count). The number of aromatic nitrogens is 1. The molecule has 21 heavy (non-hydrogen) atoms. The van der Waals surface area contributed by atoms with E-state index in [1.54, 1.807) is 24.4 Å². The molecule has 0 aliphatic heterocycles. The van der Waals surface area contributed by atoms with E-state index in [1.807, 2.05) is 18.2 Å². The minimum Gasteiger partial charge on any atom is -0.478 e. The minimum atomic E-state index is -0.931. The van der Waals surface area contributed by atoms with Crippen LogP contribution in [0.1, 0.15) is 24.3 Å². The van der Waals surface area contributed by atoms with Crippen molar-refractivity contribution < 1.29 is 9.90 Å². The van der Waals surface area contributed by atoms with Crippen molar-refractivity contribution in [2.75, 3.05) is 18.0 Å². The molecule has 1 N–H and O–H groups in total. The zero-order valence-electron chi connectivity index (χ0n) is 12.1. The molecule has 0 unspecified atom stereocenters. The van der Waals surface area contributed by atoms with Gasteiger partial charge in [0, 0.05) is 24.2 Å². The van der Waals surface area contributed by atoms with Gasteiger partial charge >= 0.3 is 5.97 Å². The number of nitrogens with zero attached hydrogens (tertiary/aromatic N) is 2. The van der Waals surface area contributed by atoms with E-state index < -0.39 is 5.97 Å². The van der Waals surface area contributed by atoms with Gasteiger partial charge in [0.1, 0.15) is 0 Å². The van der Waals surface area contributed by atoms with E-state index in [9.17, 15) is 9.90 Å². The predicted molar refractivity (Wildman–Crippen MR) is 87.6 cm³/mol. The smallest absolute Gasteiger partial charge is 0.336 e. The van der Waals surface area contributed by atoms with Crippen LogP contribution in [0, 0.1) is 0 Å². The fraction of sp³-hybridized carbons (Fsp3) is 0.250. The molecule has 0 bridgehead atoms. The van der Waals surface area contributed by atoms with Gasteiger partial charge in [-0.2, -0.15) is 0 Å². The van der Waals surface area contributed by atoms with Gasteiger partial charge in [-0.3, -0.25) is 0 Å². The van der Waals surface area contributed by atoms with E-state index in [-0.39, 0.29) is 5.57 Å². The number of aliphatic carboxylic acids is 1. The normalized spacial score (nSPS) is 11.4. The number of benzene rings is 1. The summed E-state index contributed by atoms with van der Waals surface area (Å²) in [6, 6.07) is 9.13. The highest BCUT2D eigenvalue weighted by molar-refractivity contribution is 7.16. The van der Waals surface area contributed by atoms with Crippen molar-refractivity contribution in [3.63, 3.8) is 0 Å². The Morgan fingerprint density at radius 3 is 2.52 bits per heavy atom. The minimum absolute atomic E-state index is 0.283. The van der Waals surface area contributed by atoms with Gasteiger partial charge in [-0.15, -0.1) is 0 Å². The van der Waals surface area contributed by atoms with E-state index in [1.165, 1.54) is 11.3 Å². The van der Waals surface area contributed by atoms with Crippen LogP contribution in [0.2, 0.25) is 0 Å². The summed E-state index contributed by atoms with van der Waals surface area (Å²) in [5.41, 5.74) is 0.980. The first kappa shape index (κ1) is 15.3. The Balaban J connectivity index is 2.34. The standard InChI is InChI=1S/C16H18N2O2S/c1-3-18(4-2)16-17-11-13(21-16)10-14(15(19)20)12-8-6-5-7-9-12/h5-11H,3-4H2,1-2H3,(H,19,20)/b14-10-. The average molecular weight is 302 g/mol. The maximum Gasteiger partial charge on any atom is 0.336 e. The van der Waals surface area contributed by atoms with Gasteiger partial charge in [0.25, 0.3) is 0 Å². The molecule has 0 aliphatic rings. The van der Waals surface area contributed by atoms with Gasteiger partial charge in [0.05, 0.1) is 5.57 Å². The number of anilines is 1. The number of carboxylic acids is 1. The number of hydrogen-bond donors (Lipinski definition) is 1. The van der Waals surface area contributed by atoms with Crippen LogP contribution in [-0.2, 0) is 4.79 Å². The Morgan fingerprint density at radius 2 is 1.95 bits per heavy atom. The molecule has 0 amide bonds. The summed E-state index contributed by atoms with van der Waals surface area (Å²) in [7, 11) is 0. The van der Waals surface area contributed by atoms with E-state index in [0.717, 1.165) is 23.1 Å². The molecule has 0 atom stereocenters. The summed E-state index contributed by atoms with van der Waals surface area (Å²) < 4.78 is 0. The zero-order chi connectivity index (χ0) is 15.2. The van der Waals surface area contributed by atoms with Gasteiger partial charge in [-0.05, 0) is 25.5 Å². The van der Waals surface area contributed by atoms with E-state index in [4.69, 9.17) is 0 Å². The second kappa shape index (κ2) is 7.04.